The van der Waals surface area contributed by atoms with Crippen molar-refractivity contribution in [2.45, 2.75) is 6.42 Å². The van der Waals surface area contributed by atoms with E-state index in [0.717, 1.165) is 0 Å². The molecule has 0 radical (unpaired) electrons. The molecular formula is C9H7N3O2S. The third kappa shape index (κ3) is 3.35. The predicted molar refractivity (Wildman–Crippen MR) is 56.8 cm³/mol. The molecule has 0 aliphatic carbocycles. The van der Waals surface area contributed by atoms with Gasteiger partial charge < -0.3 is 5.11 Å². The number of hydrogen-bond donors (Lipinski definition) is 1. The zero-order valence-corrected chi connectivity index (χ0v) is 8.49. The molecule has 0 saturated heterocycles. The fourth-order valence-corrected chi connectivity index (χ4v) is 1.62. The number of carboxylic acid groups (broad SMARTS) is 1. The minimum Gasteiger partial charge on any atom is -0.478 e. The van der Waals surface area contributed by atoms with E-state index in [1.807, 2.05) is 0 Å². The molecule has 0 aliphatic rings. The predicted octanol–water partition coefficient (Wildman–Crippen LogP) is 2.50. The van der Waals surface area contributed by atoms with Crippen LogP contribution in [-0.4, -0.2) is 17.6 Å². The summed E-state index contributed by atoms with van der Waals surface area (Å²) in [7, 11) is 0. The Morgan fingerprint density at radius 3 is 3.13 bits per heavy atom. The van der Waals surface area contributed by atoms with Gasteiger partial charge in [-0.2, -0.15) is 11.3 Å². The molecule has 0 spiro atoms. The van der Waals surface area contributed by atoms with Crippen LogP contribution in [0.3, 0.4) is 0 Å². The van der Waals surface area contributed by atoms with Crippen LogP contribution in [0.25, 0.3) is 10.4 Å². The van der Waals surface area contributed by atoms with Gasteiger partial charge >= 0.3 is 5.97 Å². The lowest BCUT2D eigenvalue weighted by Gasteiger charge is -1.87. The normalized spacial score (nSPS) is 8.53. The molecule has 0 aromatic carbocycles. The summed E-state index contributed by atoms with van der Waals surface area (Å²) in [4.78, 5) is 13.3. The maximum absolute atomic E-state index is 10.7. The molecule has 0 fully saturated rings. The summed E-state index contributed by atoms with van der Waals surface area (Å²) in [5.41, 5.74) is 8.73. The van der Waals surface area contributed by atoms with Gasteiger partial charge in [0.15, 0.2) is 0 Å². The molecular weight excluding hydrogens is 214 g/mol. The van der Waals surface area contributed by atoms with E-state index in [0.29, 0.717) is 18.5 Å². The lowest BCUT2D eigenvalue weighted by Crippen LogP contribution is -1.95. The van der Waals surface area contributed by atoms with Crippen LogP contribution in [0.1, 0.15) is 22.3 Å². The third-order valence-corrected chi connectivity index (χ3v) is 2.26. The Hall–Kier alpha value is -1.96. The largest absolute Gasteiger partial charge is 0.478 e. The number of carboxylic acids is 1. The maximum Gasteiger partial charge on any atom is 0.337 e. The average molecular weight is 221 g/mol. The molecule has 5 nitrogen and oxygen atoms in total. The first-order valence-electron chi connectivity index (χ1n) is 4.05. The Balaban J connectivity index is 2.67. The molecule has 0 amide bonds. The first-order chi connectivity index (χ1) is 7.25. The lowest BCUT2D eigenvalue weighted by atomic mass is 10.2. The van der Waals surface area contributed by atoms with Gasteiger partial charge in [0.2, 0.25) is 0 Å². The molecule has 76 valence electrons. The second-order valence-corrected chi connectivity index (χ2v) is 3.25. The summed E-state index contributed by atoms with van der Waals surface area (Å²) in [5, 5.41) is 15.3. The summed E-state index contributed by atoms with van der Waals surface area (Å²) >= 11 is 1.30. The standard InChI is InChI=1S/C9H7N3O2S/c10-12-11-4-2-1-3-7-5-15-6-8(7)9(13)14/h5-6H,2,4H2,(H,13,14). The van der Waals surface area contributed by atoms with Crippen molar-refractivity contribution in [3.05, 3.63) is 32.3 Å². The molecule has 0 bridgehead atoms. The molecule has 0 aliphatic heterocycles. The highest BCUT2D eigenvalue weighted by molar-refractivity contribution is 7.08. The first-order valence-corrected chi connectivity index (χ1v) is 4.99. The Morgan fingerprint density at radius 1 is 1.67 bits per heavy atom. The minimum atomic E-state index is -0.976. The van der Waals surface area contributed by atoms with Crippen LogP contribution < -0.4 is 0 Å². The van der Waals surface area contributed by atoms with Crippen LogP contribution >= 0.6 is 11.3 Å². The summed E-state index contributed by atoms with van der Waals surface area (Å²) in [6.45, 7) is 0.302. The minimum absolute atomic E-state index is 0.219. The third-order valence-electron chi connectivity index (χ3n) is 1.52. The van der Waals surface area contributed by atoms with E-state index in [9.17, 15) is 4.79 Å². The van der Waals surface area contributed by atoms with Gasteiger partial charge in [0.1, 0.15) is 0 Å². The van der Waals surface area contributed by atoms with Gasteiger partial charge in [-0.15, -0.1) is 0 Å². The molecule has 1 aromatic heterocycles. The van der Waals surface area contributed by atoms with E-state index in [1.165, 1.54) is 11.3 Å². The number of azide groups is 1. The second-order valence-electron chi connectivity index (χ2n) is 2.51. The Bertz CT molecular complexity index is 463. The van der Waals surface area contributed by atoms with Gasteiger partial charge in [-0.25, -0.2) is 4.79 Å². The smallest absolute Gasteiger partial charge is 0.337 e. The zero-order chi connectivity index (χ0) is 11.1. The van der Waals surface area contributed by atoms with Crippen LogP contribution in [0.5, 0.6) is 0 Å². The number of hydrogen-bond acceptors (Lipinski definition) is 3. The van der Waals surface area contributed by atoms with Crippen LogP contribution in [0.4, 0.5) is 0 Å². The first kappa shape index (κ1) is 11.1. The molecule has 0 saturated carbocycles. The fourth-order valence-electron chi connectivity index (χ4n) is 0.868. The molecule has 1 N–H and O–H groups in total. The van der Waals surface area contributed by atoms with Gasteiger partial charge in [-0.05, 0) is 5.53 Å². The average Bonchev–Trinajstić information content (AvgIpc) is 2.66. The summed E-state index contributed by atoms with van der Waals surface area (Å²) in [6.07, 6.45) is 0.430. The van der Waals surface area contributed by atoms with Crippen molar-refractivity contribution in [2.75, 3.05) is 6.54 Å². The van der Waals surface area contributed by atoms with Gasteiger partial charge in [-0.1, -0.05) is 17.0 Å². The quantitative estimate of drug-likeness (QED) is 0.279. The molecule has 0 atom stereocenters. The summed E-state index contributed by atoms with van der Waals surface area (Å²) < 4.78 is 0. The van der Waals surface area contributed by atoms with Crippen molar-refractivity contribution < 1.29 is 9.90 Å². The monoisotopic (exact) mass is 221 g/mol. The van der Waals surface area contributed by atoms with E-state index >= 15 is 0 Å². The number of rotatable bonds is 3. The molecule has 1 aromatic rings. The van der Waals surface area contributed by atoms with Crippen molar-refractivity contribution >= 4 is 17.3 Å². The van der Waals surface area contributed by atoms with Crippen molar-refractivity contribution in [3.8, 4) is 11.8 Å². The molecule has 1 rings (SSSR count). The molecule has 1 heterocycles. The number of nitrogens with zero attached hydrogens (tertiary/aromatic N) is 3. The Kier molecular flexibility index (Phi) is 4.23. The zero-order valence-electron chi connectivity index (χ0n) is 7.67. The van der Waals surface area contributed by atoms with E-state index in [2.05, 4.69) is 21.9 Å². The van der Waals surface area contributed by atoms with Crippen LogP contribution in [0, 0.1) is 11.8 Å². The summed E-state index contributed by atoms with van der Waals surface area (Å²) in [6, 6.07) is 0. The fraction of sp³-hybridized carbons (Fsp3) is 0.222. The highest BCUT2D eigenvalue weighted by Crippen LogP contribution is 2.13. The Labute approximate surface area is 90.0 Å². The van der Waals surface area contributed by atoms with Gasteiger partial charge in [-0.3, -0.25) is 0 Å². The van der Waals surface area contributed by atoms with Crippen LogP contribution in [0.2, 0.25) is 0 Å². The van der Waals surface area contributed by atoms with Crippen LogP contribution in [0.15, 0.2) is 15.9 Å². The van der Waals surface area contributed by atoms with Gasteiger partial charge in [0.25, 0.3) is 0 Å². The molecule has 6 heteroatoms. The van der Waals surface area contributed by atoms with Crippen molar-refractivity contribution in [1.29, 1.82) is 0 Å². The lowest BCUT2D eigenvalue weighted by molar-refractivity contribution is 0.0697. The second kappa shape index (κ2) is 5.70. The summed E-state index contributed by atoms with van der Waals surface area (Å²) in [5.74, 6) is 4.50. The van der Waals surface area contributed by atoms with Gasteiger partial charge in [0, 0.05) is 34.2 Å². The number of thiophene rings is 1. The highest BCUT2D eigenvalue weighted by atomic mass is 32.1. The maximum atomic E-state index is 10.7. The number of aromatic carboxylic acids is 1. The molecule has 15 heavy (non-hydrogen) atoms. The van der Waals surface area contributed by atoms with E-state index in [-0.39, 0.29) is 5.56 Å². The van der Waals surface area contributed by atoms with E-state index in [4.69, 9.17) is 10.6 Å². The van der Waals surface area contributed by atoms with E-state index in [1.54, 1.807) is 10.8 Å². The number of carbonyl (C=O) groups is 1. The van der Waals surface area contributed by atoms with Crippen molar-refractivity contribution in [3.63, 3.8) is 0 Å². The van der Waals surface area contributed by atoms with Crippen molar-refractivity contribution in [1.82, 2.24) is 0 Å². The highest BCUT2D eigenvalue weighted by Gasteiger charge is 2.08. The van der Waals surface area contributed by atoms with Crippen LogP contribution in [-0.2, 0) is 0 Å². The van der Waals surface area contributed by atoms with E-state index < -0.39 is 5.97 Å². The SMILES string of the molecule is [N-]=[N+]=NCCC#Cc1cscc1C(=O)O. The Morgan fingerprint density at radius 2 is 2.47 bits per heavy atom. The molecule has 0 unspecified atom stereocenters. The van der Waals surface area contributed by atoms with Gasteiger partial charge in [0.05, 0.1) is 5.56 Å². The topological polar surface area (TPSA) is 86.1 Å². The van der Waals surface area contributed by atoms with Crippen molar-refractivity contribution in [2.24, 2.45) is 5.11 Å².